The summed E-state index contributed by atoms with van der Waals surface area (Å²) >= 11 is 14.1. The van der Waals surface area contributed by atoms with E-state index in [4.69, 9.17) is 33.5 Å². The summed E-state index contributed by atoms with van der Waals surface area (Å²) in [5, 5.41) is 8.05. The zero-order chi connectivity index (χ0) is 26.9. The predicted octanol–water partition coefficient (Wildman–Crippen LogP) is 5.90. The topological polar surface area (TPSA) is 84.3 Å². The van der Waals surface area contributed by atoms with Crippen molar-refractivity contribution in [3.8, 4) is 5.13 Å². The van der Waals surface area contributed by atoms with E-state index in [1.165, 1.54) is 7.11 Å². The fourth-order valence-electron chi connectivity index (χ4n) is 4.78. The molecule has 6 rings (SSSR count). The van der Waals surface area contributed by atoms with Crippen LogP contribution in [0, 0.1) is 0 Å². The van der Waals surface area contributed by atoms with Crippen LogP contribution >= 0.6 is 35.2 Å². The Kier molecular flexibility index (Phi) is 7.01. The lowest BCUT2D eigenvalue weighted by Gasteiger charge is -2.29. The van der Waals surface area contributed by atoms with Gasteiger partial charge in [-0.05, 0) is 66.8 Å². The van der Waals surface area contributed by atoms with Crippen LogP contribution in [0.1, 0.15) is 23.5 Å². The zero-order valence-electron chi connectivity index (χ0n) is 20.7. The monoisotopic (exact) mass is 574 g/mol. The van der Waals surface area contributed by atoms with E-state index in [1.54, 1.807) is 29.7 Å². The third kappa shape index (κ3) is 4.87. The van der Waals surface area contributed by atoms with Gasteiger partial charge in [0.2, 0.25) is 5.91 Å². The number of aromatic nitrogens is 3. The van der Waals surface area contributed by atoms with Crippen LogP contribution in [0.2, 0.25) is 5.02 Å². The molecule has 11 heteroatoms. The van der Waals surface area contributed by atoms with Gasteiger partial charge in [-0.3, -0.25) is 14.3 Å². The van der Waals surface area contributed by atoms with Gasteiger partial charge in [0, 0.05) is 25.2 Å². The summed E-state index contributed by atoms with van der Waals surface area (Å²) in [5.74, 6) is -0.285. The van der Waals surface area contributed by atoms with Crippen molar-refractivity contribution in [1.82, 2.24) is 19.9 Å². The Morgan fingerprint density at radius 3 is 2.77 bits per heavy atom. The van der Waals surface area contributed by atoms with Crippen molar-refractivity contribution in [3.63, 3.8) is 0 Å². The smallest absolute Gasteiger partial charge is 0.250 e. The van der Waals surface area contributed by atoms with Crippen molar-refractivity contribution in [2.24, 2.45) is 0 Å². The van der Waals surface area contributed by atoms with Crippen LogP contribution in [0.5, 0.6) is 0 Å². The molecular formula is C28H23ClN6O2S2. The summed E-state index contributed by atoms with van der Waals surface area (Å²) in [6.07, 6.45) is 3.80. The Labute approximate surface area is 239 Å². The van der Waals surface area contributed by atoms with Crippen LogP contribution in [0.3, 0.4) is 0 Å². The Morgan fingerprint density at radius 2 is 2.00 bits per heavy atom. The van der Waals surface area contributed by atoms with Crippen molar-refractivity contribution in [2.45, 2.75) is 12.1 Å². The molecule has 1 aliphatic heterocycles. The first kappa shape index (κ1) is 25.4. The molecule has 4 heterocycles. The molecule has 0 saturated carbocycles. The number of thiazole rings is 1. The summed E-state index contributed by atoms with van der Waals surface area (Å²) in [6, 6.07) is 23.0. The van der Waals surface area contributed by atoms with Gasteiger partial charge in [-0.15, -0.1) is 0 Å². The molecule has 5 aromatic rings. The second kappa shape index (κ2) is 10.7. The number of fused-ring (bicyclic) bond motifs is 1. The molecule has 0 aliphatic carbocycles. The number of ether oxygens (including phenoxy) is 1. The number of hydrogen-bond acceptors (Lipinski definition) is 6. The number of carbonyl (C=O) groups excluding carboxylic acids is 1. The van der Waals surface area contributed by atoms with E-state index in [0.717, 1.165) is 32.4 Å². The van der Waals surface area contributed by atoms with E-state index in [9.17, 15) is 4.79 Å². The highest BCUT2D eigenvalue weighted by Crippen LogP contribution is 2.43. The fraction of sp³-hybridized carbons (Fsp3) is 0.143. The number of pyridine rings is 1. The molecule has 2 aromatic carbocycles. The molecule has 0 spiro atoms. The van der Waals surface area contributed by atoms with Gasteiger partial charge in [0.1, 0.15) is 12.6 Å². The Morgan fingerprint density at radius 1 is 1.15 bits per heavy atom. The number of anilines is 2. The van der Waals surface area contributed by atoms with Crippen molar-refractivity contribution in [3.05, 3.63) is 102 Å². The molecule has 0 bridgehead atoms. The second-order valence-electron chi connectivity index (χ2n) is 8.91. The van der Waals surface area contributed by atoms with Crippen LogP contribution in [-0.4, -0.2) is 39.3 Å². The number of carbonyl (C=O) groups is 1. The Balaban J connectivity index is 1.44. The van der Waals surface area contributed by atoms with Crippen LogP contribution < -0.4 is 15.5 Å². The number of halogens is 1. The highest BCUT2D eigenvalue weighted by Gasteiger charge is 2.42. The fourth-order valence-corrected chi connectivity index (χ4v) is 6.32. The first-order valence-corrected chi connectivity index (χ1v) is 13.8. The molecule has 2 atom stereocenters. The van der Waals surface area contributed by atoms with E-state index in [1.807, 2.05) is 59.6 Å². The third-order valence-corrected chi connectivity index (χ3v) is 8.11. The van der Waals surface area contributed by atoms with Crippen molar-refractivity contribution >= 4 is 67.8 Å². The average Bonchev–Trinajstić information content (AvgIpc) is 3.66. The summed E-state index contributed by atoms with van der Waals surface area (Å²) in [6.45, 7) is -0.0607. The first-order chi connectivity index (χ1) is 19.0. The van der Waals surface area contributed by atoms with Gasteiger partial charge >= 0.3 is 0 Å². The third-order valence-electron chi connectivity index (χ3n) is 6.45. The molecular weight excluding hydrogens is 552 g/mol. The maximum atomic E-state index is 12.1. The number of para-hydroxylation sites is 1. The number of thiocarbonyl (C=S) groups is 1. The molecule has 39 heavy (non-hydrogen) atoms. The summed E-state index contributed by atoms with van der Waals surface area (Å²) < 4.78 is 8.13. The molecule has 196 valence electrons. The molecule has 1 aliphatic rings. The lowest BCUT2D eigenvalue weighted by Crippen LogP contribution is -2.30. The maximum Gasteiger partial charge on any atom is 0.250 e. The van der Waals surface area contributed by atoms with Crippen LogP contribution in [0.4, 0.5) is 11.4 Å². The standard InChI is InChI=1S/C28H23ClN6O2S2/c1-37-16-24(36)31-19-12-11-17(15-18(19)29)35-26(25(33-27(35)38)21-8-4-5-13-30-21)22-9-6-14-34(22)28-32-20-7-2-3-10-23(20)39-28/h2-15,25-26H,16H2,1H3,(H,31,36)(H,33,38)/t25-,26+/m0/s1. The van der Waals surface area contributed by atoms with E-state index in [0.29, 0.717) is 15.8 Å². The highest BCUT2D eigenvalue weighted by molar-refractivity contribution is 7.80. The quantitative estimate of drug-likeness (QED) is 0.234. The molecule has 1 amide bonds. The van der Waals surface area contributed by atoms with E-state index < -0.39 is 0 Å². The first-order valence-electron chi connectivity index (χ1n) is 12.2. The zero-order valence-corrected chi connectivity index (χ0v) is 23.1. The van der Waals surface area contributed by atoms with Crippen molar-refractivity contribution < 1.29 is 9.53 Å². The molecule has 1 fully saturated rings. The number of nitrogens with zero attached hydrogens (tertiary/aromatic N) is 4. The molecule has 3 aromatic heterocycles. The van der Waals surface area contributed by atoms with Crippen LogP contribution in [0.25, 0.3) is 15.3 Å². The lowest BCUT2D eigenvalue weighted by molar-refractivity contribution is -0.119. The minimum absolute atomic E-state index is 0.0607. The van der Waals surface area contributed by atoms with Gasteiger partial charge in [-0.2, -0.15) is 0 Å². The van der Waals surface area contributed by atoms with Crippen molar-refractivity contribution in [2.75, 3.05) is 23.9 Å². The number of nitrogens with one attached hydrogen (secondary N) is 2. The SMILES string of the molecule is COCC(=O)Nc1ccc(N2C(=S)N[C@@H](c3ccccn3)[C@H]2c2cccn2-c2nc3ccccc3s2)cc1Cl. The van der Waals surface area contributed by atoms with Gasteiger partial charge in [0.25, 0.3) is 0 Å². The molecule has 0 radical (unpaired) electrons. The van der Waals surface area contributed by atoms with Crippen LogP contribution in [-0.2, 0) is 9.53 Å². The summed E-state index contributed by atoms with van der Waals surface area (Å²) in [5.41, 5.74) is 4.08. The number of methoxy groups -OCH3 is 1. The van der Waals surface area contributed by atoms with Gasteiger partial charge in [-0.25, -0.2) is 4.98 Å². The van der Waals surface area contributed by atoms with E-state index in [-0.39, 0.29) is 24.6 Å². The number of benzene rings is 2. The molecule has 8 nitrogen and oxygen atoms in total. The number of rotatable bonds is 7. The average molecular weight is 575 g/mol. The van der Waals surface area contributed by atoms with Gasteiger partial charge in [-0.1, -0.05) is 41.1 Å². The summed E-state index contributed by atoms with van der Waals surface area (Å²) in [7, 11) is 1.47. The minimum Gasteiger partial charge on any atom is -0.375 e. The highest BCUT2D eigenvalue weighted by atomic mass is 35.5. The lowest BCUT2D eigenvalue weighted by atomic mass is 10.0. The minimum atomic E-state index is -0.285. The number of hydrogen-bond donors (Lipinski definition) is 2. The van der Waals surface area contributed by atoms with Gasteiger partial charge < -0.3 is 20.3 Å². The number of amides is 1. The molecule has 2 N–H and O–H groups in total. The normalized spacial score (nSPS) is 17.0. The predicted molar refractivity (Wildman–Crippen MR) is 159 cm³/mol. The van der Waals surface area contributed by atoms with Crippen molar-refractivity contribution in [1.29, 1.82) is 0 Å². The van der Waals surface area contributed by atoms with Crippen LogP contribution in [0.15, 0.2) is 85.2 Å². The largest absolute Gasteiger partial charge is 0.375 e. The van der Waals surface area contributed by atoms with E-state index in [2.05, 4.69) is 32.3 Å². The maximum absolute atomic E-state index is 12.1. The van der Waals surface area contributed by atoms with Gasteiger partial charge in [0.05, 0.1) is 38.4 Å². The molecule has 0 unspecified atom stereocenters. The Bertz CT molecular complexity index is 1640. The Hall–Kier alpha value is -3.83. The van der Waals surface area contributed by atoms with Gasteiger partial charge in [0.15, 0.2) is 10.2 Å². The summed E-state index contributed by atoms with van der Waals surface area (Å²) in [4.78, 5) is 23.6. The van der Waals surface area contributed by atoms with E-state index >= 15 is 0 Å². The second-order valence-corrected chi connectivity index (χ2v) is 10.7. The molecule has 1 saturated heterocycles.